The summed E-state index contributed by atoms with van der Waals surface area (Å²) < 4.78 is 13.6. The van der Waals surface area contributed by atoms with E-state index >= 15 is 0 Å². The zero-order valence-electron chi connectivity index (χ0n) is 14.0. The summed E-state index contributed by atoms with van der Waals surface area (Å²) in [5.41, 5.74) is 1.77. The van der Waals surface area contributed by atoms with Gasteiger partial charge in [-0.05, 0) is 49.7 Å². The van der Waals surface area contributed by atoms with Gasteiger partial charge in [0.2, 0.25) is 11.8 Å². The van der Waals surface area contributed by atoms with E-state index in [4.69, 9.17) is 0 Å². The van der Waals surface area contributed by atoms with E-state index in [9.17, 15) is 14.0 Å². The summed E-state index contributed by atoms with van der Waals surface area (Å²) in [5, 5.41) is 5.64. The molecule has 2 aromatic rings. The van der Waals surface area contributed by atoms with Crippen LogP contribution in [-0.4, -0.2) is 24.4 Å². The Hall–Kier alpha value is -2.89. The van der Waals surface area contributed by atoms with Gasteiger partial charge in [0.05, 0.1) is 5.69 Å². The van der Waals surface area contributed by atoms with Crippen LogP contribution >= 0.6 is 0 Å². The second kappa shape index (κ2) is 7.34. The molecular weight excluding hydrogens is 321 g/mol. The van der Waals surface area contributed by atoms with Gasteiger partial charge in [-0.15, -0.1) is 0 Å². The largest absolute Gasteiger partial charge is 0.374 e. The zero-order chi connectivity index (χ0) is 17.8. The van der Waals surface area contributed by atoms with E-state index in [2.05, 4.69) is 10.6 Å². The summed E-state index contributed by atoms with van der Waals surface area (Å²) in [7, 11) is 0. The van der Waals surface area contributed by atoms with Gasteiger partial charge in [0.15, 0.2) is 0 Å². The predicted molar refractivity (Wildman–Crippen MR) is 96.1 cm³/mol. The van der Waals surface area contributed by atoms with Crippen molar-refractivity contribution in [3.63, 3.8) is 0 Å². The lowest BCUT2D eigenvalue weighted by Crippen LogP contribution is -2.32. The van der Waals surface area contributed by atoms with E-state index in [-0.39, 0.29) is 17.5 Å². The van der Waals surface area contributed by atoms with Crippen LogP contribution in [0.5, 0.6) is 0 Å². The molecule has 1 heterocycles. The summed E-state index contributed by atoms with van der Waals surface area (Å²) in [4.78, 5) is 25.7. The molecule has 0 unspecified atom stereocenters. The molecule has 1 aliphatic rings. The van der Waals surface area contributed by atoms with Crippen LogP contribution in [0.2, 0.25) is 0 Å². The topological polar surface area (TPSA) is 61.4 Å². The van der Waals surface area contributed by atoms with Crippen LogP contribution in [0.15, 0.2) is 48.5 Å². The van der Waals surface area contributed by atoms with Crippen molar-refractivity contribution in [2.45, 2.75) is 25.8 Å². The number of para-hydroxylation sites is 1. The van der Waals surface area contributed by atoms with Gasteiger partial charge in [-0.25, -0.2) is 4.39 Å². The number of amides is 2. The first-order chi connectivity index (χ1) is 12.0. The molecule has 1 fully saturated rings. The molecule has 2 amide bonds. The molecule has 0 spiro atoms. The fourth-order valence-electron chi connectivity index (χ4n) is 2.78. The van der Waals surface area contributed by atoms with Crippen LogP contribution in [0, 0.1) is 5.82 Å². The van der Waals surface area contributed by atoms with Gasteiger partial charge in [-0.1, -0.05) is 12.1 Å². The van der Waals surface area contributed by atoms with Gasteiger partial charge >= 0.3 is 0 Å². The SMILES string of the molecule is C[C@@H](Nc1ccc(N2CCCC2=O)cc1)C(=O)Nc1ccccc1F. The Morgan fingerprint density at radius 3 is 2.52 bits per heavy atom. The lowest BCUT2D eigenvalue weighted by atomic mass is 10.2. The van der Waals surface area contributed by atoms with E-state index in [1.165, 1.54) is 12.1 Å². The number of nitrogens with one attached hydrogen (secondary N) is 2. The molecule has 1 aliphatic heterocycles. The minimum atomic E-state index is -0.543. The lowest BCUT2D eigenvalue weighted by Gasteiger charge is -2.18. The van der Waals surface area contributed by atoms with Gasteiger partial charge in [-0.2, -0.15) is 0 Å². The maximum absolute atomic E-state index is 13.6. The van der Waals surface area contributed by atoms with Crippen molar-refractivity contribution in [1.82, 2.24) is 0 Å². The molecule has 1 saturated heterocycles. The van der Waals surface area contributed by atoms with E-state index in [0.717, 1.165) is 24.3 Å². The summed E-state index contributed by atoms with van der Waals surface area (Å²) in [6, 6.07) is 12.9. The van der Waals surface area contributed by atoms with Crippen molar-refractivity contribution in [1.29, 1.82) is 0 Å². The highest BCUT2D eigenvalue weighted by atomic mass is 19.1. The first-order valence-electron chi connectivity index (χ1n) is 8.27. The summed E-state index contributed by atoms with van der Waals surface area (Å²) >= 11 is 0. The number of anilines is 3. The van der Waals surface area contributed by atoms with E-state index in [1.54, 1.807) is 24.0 Å². The molecule has 25 heavy (non-hydrogen) atoms. The second-order valence-electron chi connectivity index (χ2n) is 6.03. The van der Waals surface area contributed by atoms with Crippen molar-refractivity contribution in [3.8, 4) is 0 Å². The molecule has 0 aliphatic carbocycles. The molecule has 1 atom stereocenters. The standard InChI is InChI=1S/C19H20FN3O2/c1-13(19(25)22-17-6-3-2-5-16(17)20)21-14-8-10-15(11-9-14)23-12-4-7-18(23)24/h2-3,5-6,8-11,13,21H,4,7,12H2,1H3,(H,22,25)/t13-/m1/s1. The Kier molecular flexibility index (Phi) is 4.97. The van der Waals surface area contributed by atoms with Gasteiger partial charge < -0.3 is 15.5 Å². The first kappa shape index (κ1) is 17.0. The van der Waals surface area contributed by atoms with Crippen LogP contribution in [0.3, 0.4) is 0 Å². The molecule has 5 nitrogen and oxygen atoms in total. The molecule has 2 N–H and O–H groups in total. The highest BCUT2D eigenvalue weighted by molar-refractivity contribution is 5.97. The van der Waals surface area contributed by atoms with Crippen LogP contribution in [0.4, 0.5) is 21.5 Å². The normalized spacial score (nSPS) is 15.1. The molecule has 6 heteroatoms. The monoisotopic (exact) mass is 341 g/mol. The number of rotatable bonds is 5. The molecule has 3 rings (SSSR count). The zero-order valence-corrected chi connectivity index (χ0v) is 14.0. The number of nitrogens with zero attached hydrogens (tertiary/aromatic N) is 1. The van der Waals surface area contributed by atoms with Crippen molar-refractivity contribution >= 4 is 28.9 Å². The Balaban J connectivity index is 1.60. The average Bonchev–Trinajstić information content (AvgIpc) is 3.03. The highest BCUT2D eigenvalue weighted by Gasteiger charge is 2.21. The predicted octanol–water partition coefficient (Wildman–Crippen LogP) is 3.39. The highest BCUT2D eigenvalue weighted by Crippen LogP contribution is 2.23. The molecule has 2 aromatic carbocycles. The third-order valence-electron chi connectivity index (χ3n) is 4.16. The molecular formula is C19H20FN3O2. The minimum Gasteiger partial charge on any atom is -0.374 e. The quantitative estimate of drug-likeness (QED) is 0.876. The van der Waals surface area contributed by atoms with Crippen molar-refractivity contribution in [2.75, 3.05) is 22.1 Å². The Bertz CT molecular complexity index is 776. The number of carbonyl (C=O) groups is 2. The third-order valence-corrected chi connectivity index (χ3v) is 4.16. The molecule has 130 valence electrons. The number of halogens is 1. The number of hydrogen-bond donors (Lipinski definition) is 2. The maximum Gasteiger partial charge on any atom is 0.246 e. The third kappa shape index (κ3) is 3.96. The maximum atomic E-state index is 13.6. The molecule has 0 aromatic heterocycles. The molecule has 0 bridgehead atoms. The van der Waals surface area contributed by atoms with Gasteiger partial charge in [0.25, 0.3) is 0 Å². The van der Waals surface area contributed by atoms with E-state index < -0.39 is 11.9 Å². The fourth-order valence-corrected chi connectivity index (χ4v) is 2.78. The molecule has 0 radical (unpaired) electrons. The minimum absolute atomic E-state index is 0.137. The Morgan fingerprint density at radius 1 is 1.16 bits per heavy atom. The average molecular weight is 341 g/mol. The summed E-state index contributed by atoms with van der Waals surface area (Å²) in [6.45, 7) is 2.45. The molecule has 0 saturated carbocycles. The van der Waals surface area contributed by atoms with Gasteiger partial charge in [0.1, 0.15) is 11.9 Å². The van der Waals surface area contributed by atoms with Crippen molar-refractivity contribution in [3.05, 3.63) is 54.3 Å². The van der Waals surface area contributed by atoms with Gasteiger partial charge in [0, 0.05) is 24.3 Å². The van der Waals surface area contributed by atoms with Gasteiger partial charge in [-0.3, -0.25) is 9.59 Å². The van der Waals surface area contributed by atoms with Crippen LogP contribution in [0.25, 0.3) is 0 Å². The number of hydrogen-bond acceptors (Lipinski definition) is 3. The lowest BCUT2D eigenvalue weighted by molar-refractivity contribution is -0.117. The van der Waals surface area contributed by atoms with Crippen LogP contribution in [0.1, 0.15) is 19.8 Å². The van der Waals surface area contributed by atoms with E-state index in [1.807, 2.05) is 24.3 Å². The van der Waals surface area contributed by atoms with Crippen LogP contribution < -0.4 is 15.5 Å². The smallest absolute Gasteiger partial charge is 0.246 e. The second-order valence-corrected chi connectivity index (χ2v) is 6.03. The first-order valence-corrected chi connectivity index (χ1v) is 8.27. The summed E-state index contributed by atoms with van der Waals surface area (Å²) in [6.07, 6.45) is 1.47. The van der Waals surface area contributed by atoms with Crippen LogP contribution in [-0.2, 0) is 9.59 Å². The Labute approximate surface area is 145 Å². The van der Waals surface area contributed by atoms with Crippen molar-refractivity contribution < 1.29 is 14.0 Å². The van der Waals surface area contributed by atoms with E-state index in [0.29, 0.717) is 6.42 Å². The number of carbonyl (C=O) groups excluding carboxylic acids is 2. The summed E-state index contributed by atoms with van der Waals surface area (Å²) in [5.74, 6) is -0.662. The number of benzene rings is 2. The van der Waals surface area contributed by atoms with Crippen molar-refractivity contribution in [2.24, 2.45) is 0 Å². The Morgan fingerprint density at radius 2 is 1.88 bits per heavy atom. The fraction of sp³-hybridized carbons (Fsp3) is 0.263.